The van der Waals surface area contributed by atoms with Crippen molar-refractivity contribution in [2.75, 3.05) is 19.6 Å². The molecule has 5 nitrogen and oxygen atoms in total. The highest BCUT2D eigenvalue weighted by molar-refractivity contribution is 7.89. The fourth-order valence-electron chi connectivity index (χ4n) is 2.95. The third kappa shape index (κ3) is 4.36. The van der Waals surface area contributed by atoms with E-state index in [-0.39, 0.29) is 18.4 Å². The highest BCUT2D eigenvalue weighted by Crippen LogP contribution is 2.26. The van der Waals surface area contributed by atoms with Gasteiger partial charge in [0.15, 0.2) is 0 Å². The molecule has 0 bridgehead atoms. The Labute approximate surface area is 145 Å². The van der Waals surface area contributed by atoms with Gasteiger partial charge < -0.3 is 5.32 Å². The molecule has 1 unspecified atom stereocenters. The largest absolute Gasteiger partial charge is 0.356 e. The normalized spacial score (nSPS) is 19.5. The zero-order valence-electron chi connectivity index (χ0n) is 15.0. The maximum Gasteiger partial charge on any atom is 0.243 e. The molecule has 1 N–H and O–H groups in total. The number of sulfonamides is 1. The van der Waals surface area contributed by atoms with Crippen LogP contribution in [0, 0.1) is 25.7 Å². The molecule has 1 aliphatic rings. The van der Waals surface area contributed by atoms with Crippen molar-refractivity contribution in [3.05, 3.63) is 29.3 Å². The minimum atomic E-state index is -3.56. The second-order valence-electron chi connectivity index (χ2n) is 7.11. The Bertz CT molecular complexity index is 698. The summed E-state index contributed by atoms with van der Waals surface area (Å²) in [5.41, 5.74) is 1.66. The van der Waals surface area contributed by atoms with Gasteiger partial charge >= 0.3 is 0 Å². The van der Waals surface area contributed by atoms with Crippen LogP contribution in [0.25, 0.3) is 0 Å². The van der Waals surface area contributed by atoms with Gasteiger partial charge in [0.1, 0.15) is 0 Å². The number of hydrogen-bond donors (Lipinski definition) is 1. The maximum absolute atomic E-state index is 13.0. The van der Waals surface area contributed by atoms with E-state index >= 15 is 0 Å². The Morgan fingerprint density at radius 2 is 2.04 bits per heavy atom. The Kier molecular flexibility index (Phi) is 6.04. The Hall–Kier alpha value is -1.40. The summed E-state index contributed by atoms with van der Waals surface area (Å²) in [6.07, 6.45) is 1.45. The summed E-state index contributed by atoms with van der Waals surface area (Å²) in [5, 5.41) is 2.92. The van der Waals surface area contributed by atoms with E-state index in [4.69, 9.17) is 0 Å². The summed E-state index contributed by atoms with van der Waals surface area (Å²) in [7, 11) is -3.56. The number of nitrogens with zero attached hydrogens (tertiary/aromatic N) is 1. The van der Waals surface area contributed by atoms with Gasteiger partial charge in [-0.1, -0.05) is 26.0 Å². The summed E-state index contributed by atoms with van der Waals surface area (Å²) in [5.74, 6) is 0.0780. The number of nitrogens with one attached hydrogen (secondary N) is 1. The number of hydrogen-bond acceptors (Lipinski definition) is 3. The van der Waals surface area contributed by atoms with Gasteiger partial charge in [0.05, 0.1) is 10.8 Å². The fourth-order valence-corrected chi connectivity index (χ4v) is 4.78. The number of piperidine rings is 1. The van der Waals surface area contributed by atoms with E-state index in [1.165, 1.54) is 4.31 Å². The van der Waals surface area contributed by atoms with E-state index in [2.05, 4.69) is 5.32 Å². The monoisotopic (exact) mass is 352 g/mol. The average molecular weight is 353 g/mol. The second-order valence-corrected chi connectivity index (χ2v) is 9.02. The van der Waals surface area contributed by atoms with Crippen molar-refractivity contribution in [1.82, 2.24) is 9.62 Å². The molecular formula is C18H28N2O3S. The van der Waals surface area contributed by atoms with Crippen molar-refractivity contribution in [2.24, 2.45) is 11.8 Å². The van der Waals surface area contributed by atoms with Gasteiger partial charge in [-0.25, -0.2) is 8.42 Å². The minimum Gasteiger partial charge on any atom is -0.356 e. The van der Waals surface area contributed by atoms with Crippen LogP contribution in [0.4, 0.5) is 0 Å². The second kappa shape index (κ2) is 7.66. The first-order valence-electron chi connectivity index (χ1n) is 8.57. The molecule has 1 aromatic carbocycles. The third-order valence-corrected chi connectivity index (χ3v) is 6.41. The smallest absolute Gasteiger partial charge is 0.243 e. The molecular weight excluding hydrogens is 324 g/mol. The third-order valence-electron chi connectivity index (χ3n) is 4.40. The maximum atomic E-state index is 13.0. The van der Waals surface area contributed by atoms with Crippen molar-refractivity contribution in [3.8, 4) is 0 Å². The van der Waals surface area contributed by atoms with Crippen molar-refractivity contribution >= 4 is 15.9 Å². The lowest BCUT2D eigenvalue weighted by molar-refractivity contribution is -0.126. The van der Waals surface area contributed by atoms with Crippen molar-refractivity contribution in [3.63, 3.8) is 0 Å². The molecule has 1 aromatic rings. The lowest BCUT2D eigenvalue weighted by Crippen LogP contribution is -2.46. The van der Waals surface area contributed by atoms with Gasteiger partial charge in [-0.3, -0.25) is 4.79 Å². The van der Waals surface area contributed by atoms with Gasteiger partial charge in [0.25, 0.3) is 0 Å². The Morgan fingerprint density at radius 1 is 1.33 bits per heavy atom. The number of amides is 1. The van der Waals surface area contributed by atoms with Gasteiger partial charge in [-0.05, 0) is 49.8 Å². The molecule has 0 aromatic heterocycles. The lowest BCUT2D eigenvalue weighted by Gasteiger charge is -2.31. The summed E-state index contributed by atoms with van der Waals surface area (Å²) in [4.78, 5) is 12.7. The average Bonchev–Trinajstić information content (AvgIpc) is 2.54. The van der Waals surface area contributed by atoms with Crippen LogP contribution in [0.1, 0.15) is 37.8 Å². The van der Waals surface area contributed by atoms with E-state index in [9.17, 15) is 13.2 Å². The van der Waals surface area contributed by atoms with Crippen molar-refractivity contribution in [2.45, 2.75) is 45.4 Å². The standard InChI is InChI=1S/C18H28N2O3S/c1-13(2)11-19-18(21)16-6-5-9-20(12-16)24(22,23)17-10-14(3)7-8-15(17)4/h7-8,10,13,16H,5-6,9,11-12H2,1-4H3,(H,19,21). The molecule has 0 saturated carbocycles. The van der Waals surface area contributed by atoms with E-state index in [0.29, 0.717) is 30.3 Å². The molecule has 0 spiro atoms. The van der Waals surface area contributed by atoms with Crippen LogP contribution < -0.4 is 5.32 Å². The molecule has 134 valence electrons. The van der Waals surface area contributed by atoms with Crippen LogP contribution in [0.5, 0.6) is 0 Å². The first kappa shape index (κ1) is 18.9. The van der Waals surface area contributed by atoms with Crippen LogP contribution in [-0.2, 0) is 14.8 Å². The van der Waals surface area contributed by atoms with E-state index < -0.39 is 10.0 Å². The molecule has 1 amide bonds. The first-order chi connectivity index (χ1) is 11.2. The van der Waals surface area contributed by atoms with Crippen LogP contribution in [0.15, 0.2) is 23.1 Å². The highest BCUT2D eigenvalue weighted by atomic mass is 32.2. The summed E-state index contributed by atoms with van der Waals surface area (Å²) in [6.45, 7) is 9.14. The predicted molar refractivity (Wildman–Crippen MR) is 95.2 cm³/mol. The van der Waals surface area contributed by atoms with E-state index in [1.807, 2.05) is 39.8 Å². The minimum absolute atomic E-state index is 0.0374. The molecule has 1 saturated heterocycles. The lowest BCUT2D eigenvalue weighted by atomic mass is 9.98. The van der Waals surface area contributed by atoms with Crippen LogP contribution in [-0.4, -0.2) is 38.3 Å². The number of carbonyl (C=O) groups is 1. The van der Waals surface area contributed by atoms with Crippen molar-refractivity contribution in [1.29, 1.82) is 0 Å². The molecule has 1 aliphatic heterocycles. The Balaban J connectivity index is 2.16. The molecule has 1 heterocycles. The van der Waals surface area contributed by atoms with Crippen molar-refractivity contribution < 1.29 is 13.2 Å². The topological polar surface area (TPSA) is 66.5 Å². The summed E-state index contributed by atoms with van der Waals surface area (Å²) < 4.78 is 27.4. The van der Waals surface area contributed by atoms with Crippen LogP contribution in [0.3, 0.4) is 0 Å². The number of benzene rings is 1. The number of rotatable bonds is 5. The first-order valence-corrected chi connectivity index (χ1v) is 10.0. The van der Waals surface area contributed by atoms with Crippen LogP contribution in [0.2, 0.25) is 0 Å². The van der Waals surface area contributed by atoms with Crippen LogP contribution >= 0.6 is 0 Å². The quantitative estimate of drug-likeness (QED) is 0.885. The molecule has 1 fully saturated rings. The molecule has 24 heavy (non-hydrogen) atoms. The molecule has 1 atom stereocenters. The zero-order valence-corrected chi connectivity index (χ0v) is 15.8. The summed E-state index contributed by atoms with van der Waals surface area (Å²) >= 11 is 0. The molecule has 2 rings (SSSR count). The number of aryl methyl sites for hydroxylation is 2. The number of carbonyl (C=O) groups excluding carboxylic acids is 1. The molecule has 0 radical (unpaired) electrons. The highest BCUT2D eigenvalue weighted by Gasteiger charge is 2.33. The Morgan fingerprint density at radius 3 is 2.71 bits per heavy atom. The fraction of sp³-hybridized carbons (Fsp3) is 0.611. The van der Waals surface area contributed by atoms with Gasteiger partial charge in [-0.2, -0.15) is 4.31 Å². The van der Waals surface area contributed by atoms with E-state index in [1.54, 1.807) is 6.07 Å². The summed E-state index contributed by atoms with van der Waals surface area (Å²) in [6, 6.07) is 5.46. The van der Waals surface area contributed by atoms with Gasteiger partial charge in [0, 0.05) is 19.6 Å². The van der Waals surface area contributed by atoms with E-state index in [0.717, 1.165) is 17.5 Å². The predicted octanol–water partition coefficient (Wildman–Crippen LogP) is 2.48. The van der Waals surface area contributed by atoms with Gasteiger partial charge in [0.2, 0.25) is 15.9 Å². The molecule has 0 aliphatic carbocycles. The zero-order chi connectivity index (χ0) is 17.9. The molecule has 6 heteroatoms. The van der Waals surface area contributed by atoms with Gasteiger partial charge in [-0.15, -0.1) is 0 Å². The SMILES string of the molecule is Cc1ccc(C)c(S(=O)(=O)N2CCCC(C(=O)NCC(C)C)C2)c1.